The molecule has 5 nitrogen and oxygen atoms in total. The van der Waals surface area contributed by atoms with Crippen LogP contribution in [0.1, 0.15) is 12.5 Å². The lowest BCUT2D eigenvalue weighted by Crippen LogP contribution is -2.26. The van der Waals surface area contributed by atoms with E-state index < -0.39 is 5.97 Å². The van der Waals surface area contributed by atoms with Gasteiger partial charge in [-0.3, -0.25) is 9.36 Å². The molecule has 0 fully saturated rings. The van der Waals surface area contributed by atoms with Crippen molar-refractivity contribution in [1.82, 2.24) is 9.55 Å². The number of hydrogen-bond donors (Lipinski definition) is 0. The van der Waals surface area contributed by atoms with Gasteiger partial charge in [0.1, 0.15) is 12.3 Å². The van der Waals surface area contributed by atoms with Gasteiger partial charge in [-0.2, -0.15) is 0 Å². The predicted molar refractivity (Wildman–Crippen MR) is 87.5 cm³/mol. The third-order valence-electron chi connectivity index (χ3n) is 3.59. The molecule has 0 saturated heterocycles. The van der Waals surface area contributed by atoms with Crippen LogP contribution in [0.4, 0.5) is 0 Å². The summed E-state index contributed by atoms with van der Waals surface area (Å²) in [6, 6.07) is 14.3. The van der Waals surface area contributed by atoms with Crippen LogP contribution in [-0.2, 0) is 17.8 Å². The van der Waals surface area contributed by atoms with E-state index in [0.717, 1.165) is 6.42 Å². The van der Waals surface area contributed by atoms with E-state index in [2.05, 4.69) is 11.9 Å². The summed E-state index contributed by atoms with van der Waals surface area (Å²) >= 11 is 0. The van der Waals surface area contributed by atoms with E-state index in [4.69, 9.17) is 4.74 Å². The van der Waals surface area contributed by atoms with Gasteiger partial charge >= 0.3 is 5.97 Å². The molecule has 2 aromatic carbocycles. The van der Waals surface area contributed by atoms with Crippen molar-refractivity contribution in [2.75, 3.05) is 0 Å². The maximum atomic E-state index is 12.3. The van der Waals surface area contributed by atoms with E-state index in [-0.39, 0.29) is 12.1 Å². The van der Waals surface area contributed by atoms with Crippen molar-refractivity contribution in [3.8, 4) is 5.75 Å². The number of ether oxygens (including phenoxy) is 1. The van der Waals surface area contributed by atoms with Crippen molar-refractivity contribution in [2.24, 2.45) is 0 Å². The highest BCUT2D eigenvalue weighted by Gasteiger charge is 2.10. The van der Waals surface area contributed by atoms with Gasteiger partial charge in [0, 0.05) is 0 Å². The number of carbonyl (C=O) groups is 1. The van der Waals surface area contributed by atoms with Crippen LogP contribution in [0.2, 0.25) is 0 Å². The Kier molecular flexibility index (Phi) is 4.19. The maximum Gasteiger partial charge on any atom is 0.331 e. The molecule has 0 unspecified atom stereocenters. The Morgan fingerprint density at radius 2 is 1.87 bits per heavy atom. The zero-order valence-electron chi connectivity index (χ0n) is 12.7. The smallest absolute Gasteiger partial charge is 0.331 e. The first-order valence-corrected chi connectivity index (χ1v) is 7.41. The number of hydrogen-bond acceptors (Lipinski definition) is 4. The molecule has 0 saturated carbocycles. The van der Waals surface area contributed by atoms with Crippen LogP contribution in [-0.4, -0.2) is 15.5 Å². The summed E-state index contributed by atoms with van der Waals surface area (Å²) in [6.45, 7) is 1.88. The second-order valence-electron chi connectivity index (χ2n) is 5.17. The van der Waals surface area contributed by atoms with Crippen molar-refractivity contribution in [3.05, 3.63) is 70.8 Å². The van der Waals surface area contributed by atoms with Crippen LogP contribution in [0, 0.1) is 0 Å². The van der Waals surface area contributed by atoms with Crippen LogP contribution in [0.25, 0.3) is 10.9 Å². The lowest BCUT2D eigenvalue weighted by molar-refractivity contribution is -0.135. The van der Waals surface area contributed by atoms with Crippen LogP contribution < -0.4 is 10.3 Å². The molecular weight excluding hydrogens is 292 g/mol. The van der Waals surface area contributed by atoms with Crippen LogP contribution >= 0.6 is 0 Å². The largest absolute Gasteiger partial charge is 0.425 e. The summed E-state index contributed by atoms with van der Waals surface area (Å²) in [4.78, 5) is 28.5. The van der Waals surface area contributed by atoms with Crippen molar-refractivity contribution < 1.29 is 9.53 Å². The number of aryl methyl sites for hydroxylation is 1. The first-order valence-electron chi connectivity index (χ1n) is 7.41. The van der Waals surface area contributed by atoms with Crippen LogP contribution in [0.15, 0.2) is 59.7 Å². The lowest BCUT2D eigenvalue weighted by atomic mass is 10.2. The highest BCUT2D eigenvalue weighted by Crippen LogP contribution is 2.13. The van der Waals surface area contributed by atoms with Gasteiger partial charge in [0.15, 0.2) is 0 Å². The zero-order chi connectivity index (χ0) is 16.2. The molecule has 116 valence electrons. The Morgan fingerprint density at radius 1 is 1.13 bits per heavy atom. The first kappa shape index (κ1) is 15.0. The molecule has 1 aromatic heterocycles. The third kappa shape index (κ3) is 3.29. The zero-order valence-corrected chi connectivity index (χ0v) is 12.7. The molecule has 0 N–H and O–H groups in total. The number of aromatic nitrogens is 2. The van der Waals surface area contributed by atoms with E-state index in [1.54, 1.807) is 30.3 Å². The molecule has 0 aliphatic heterocycles. The Labute approximate surface area is 133 Å². The molecule has 1 heterocycles. The Bertz CT molecular complexity index is 898. The van der Waals surface area contributed by atoms with E-state index >= 15 is 0 Å². The second kappa shape index (κ2) is 6.44. The summed E-state index contributed by atoms with van der Waals surface area (Å²) in [7, 11) is 0. The van der Waals surface area contributed by atoms with E-state index in [0.29, 0.717) is 16.7 Å². The summed E-state index contributed by atoms with van der Waals surface area (Å²) in [5.74, 6) is -0.0394. The average Bonchev–Trinajstić information content (AvgIpc) is 2.58. The van der Waals surface area contributed by atoms with Crippen molar-refractivity contribution in [2.45, 2.75) is 19.9 Å². The monoisotopic (exact) mass is 308 g/mol. The van der Waals surface area contributed by atoms with Gasteiger partial charge < -0.3 is 4.74 Å². The number of nitrogens with zero attached hydrogens (tertiary/aromatic N) is 2. The molecule has 0 amide bonds. The van der Waals surface area contributed by atoms with Crippen LogP contribution in [0.3, 0.4) is 0 Å². The fourth-order valence-electron chi connectivity index (χ4n) is 2.31. The van der Waals surface area contributed by atoms with E-state index in [1.807, 2.05) is 18.2 Å². The highest BCUT2D eigenvalue weighted by molar-refractivity contribution is 5.77. The molecule has 0 atom stereocenters. The summed E-state index contributed by atoms with van der Waals surface area (Å²) in [5.41, 5.74) is 1.52. The fraction of sp³-hybridized carbons (Fsp3) is 0.167. The van der Waals surface area contributed by atoms with Gasteiger partial charge in [-0.05, 0) is 36.2 Å². The SMILES string of the molecule is CCc1ccc(OC(=O)Cn2cnc3ccccc3c2=O)cc1. The fourth-order valence-corrected chi connectivity index (χ4v) is 2.31. The van der Waals surface area contributed by atoms with Crippen molar-refractivity contribution >= 4 is 16.9 Å². The molecule has 0 aliphatic carbocycles. The van der Waals surface area contributed by atoms with Gasteiger partial charge in [0.2, 0.25) is 0 Å². The standard InChI is InChI=1S/C18H16N2O3/c1-2-13-7-9-14(10-8-13)23-17(21)11-20-12-19-16-6-4-3-5-15(16)18(20)22/h3-10,12H,2,11H2,1H3. The summed E-state index contributed by atoms with van der Waals surface area (Å²) in [6.07, 6.45) is 2.29. The van der Waals surface area contributed by atoms with E-state index in [9.17, 15) is 9.59 Å². The topological polar surface area (TPSA) is 61.2 Å². The third-order valence-corrected chi connectivity index (χ3v) is 3.59. The minimum Gasteiger partial charge on any atom is -0.425 e. The minimum absolute atomic E-state index is 0.174. The first-order chi connectivity index (χ1) is 11.2. The molecule has 5 heteroatoms. The number of carbonyl (C=O) groups excluding carboxylic acids is 1. The normalized spacial score (nSPS) is 10.7. The summed E-state index contributed by atoms with van der Waals surface area (Å²) < 4.78 is 6.51. The number of rotatable bonds is 4. The molecule has 0 spiro atoms. The van der Waals surface area contributed by atoms with Gasteiger partial charge in [-0.15, -0.1) is 0 Å². The molecule has 0 radical (unpaired) electrons. The molecule has 3 aromatic rings. The Hall–Kier alpha value is -2.95. The number of para-hydroxylation sites is 1. The number of esters is 1. The van der Waals surface area contributed by atoms with Gasteiger partial charge in [-0.25, -0.2) is 9.78 Å². The van der Waals surface area contributed by atoms with Gasteiger partial charge in [0.05, 0.1) is 17.2 Å². The van der Waals surface area contributed by atoms with Gasteiger partial charge in [-0.1, -0.05) is 31.2 Å². The molecule has 0 aliphatic rings. The second-order valence-corrected chi connectivity index (χ2v) is 5.17. The van der Waals surface area contributed by atoms with Crippen LogP contribution in [0.5, 0.6) is 5.75 Å². The Balaban J connectivity index is 1.77. The number of fused-ring (bicyclic) bond motifs is 1. The number of benzene rings is 2. The van der Waals surface area contributed by atoms with Crippen molar-refractivity contribution in [1.29, 1.82) is 0 Å². The highest BCUT2D eigenvalue weighted by atomic mass is 16.5. The molecule has 0 bridgehead atoms. The van der Waals surface area contributed by atoms with Gasteiger partial charge in [0.25, 0.3) is 5.56 Å². The summed E-state index contributed by atoms with van der Waals surface area (Å²) in [5, 5.41) is 0.482. The van der Waals surface area contributed by atoms with Crippen molar-refractivity contribution in [3.63, 3.8) is 0 Å². The van der Waals surface area contributed by atoms with E-state index in [1.165, 1.54) is 16.5 Å². The molecular formula is C18H16N2O3. The lowest BCUT2D eigenvalue weighted by Gasteiger charge is -2.07. The quantitative estimate of drug-likeness (QED) is 0.549. The average molecular weight is 308 g/mol. The minimum atomic E-state index is -0.506. The predicted octanol–water partition coefficient (Wildman–Crippen LogP) is 2.56. The Morgan fingerprint density at radius 3 is 2.61 bits per heavy atom. The molecule has 3 rings (SSSR count). The maximum absolute atomic E-state index is 12.3. The molecule has 23 heavy (non-hydrogen) atoms.